The molecule has 2 heterocycles. The van der Waals surface area contributed by atoms with E-state index in [2.05, 4.69) is 35.5 Å². The summed E-state index contributed by atoms with van der Waals surface area (Å²) in [6.45, 7) is 6.71. The van der Waals surface area contributed by atoms with Gasteiger partial charge in [0.2, 0.25) is 5.88 Å². The second-order valence-electron chi connectivity index (χ2n) is 4.14. The Morgan fingerprint density at radius 2 is 2.44 bits per heavy atom. The van der Waals surface area contributed by atoms with Crippen LogP contribution in [0.1, 0.15) is 25.8 Å². The van der Waals surface area contributed by atoms with Crippen LogP contribution in [0.5, 0.6) is 5.88 Å². The van der Waals surface area contributed by atoms with Gasteiger partial charge in [-0.3, -0.25) is 0 Å². The molecule has 0 spiro atoms. The van der Waals surface area contributed by atoms with E-state index in [0.717, 1.165) is 36.8 Å². The van der Waals surface area contributed by atoms with Crippen molar-refractivity contribution in [2.75, 3.05) is 18.5 Å². The van der Waals surface area contributed by atoms with Gasteiger partial charge in [0.25, 0.3) is 0 Å². The van der Waals surface area contributed by atoms with Gasteiger partial charge >= 0.3 is 0 Å². The number of ether oxygens (including phenoxy) is 1. The summed E-state index contributed by atoms with van der Waals surface area (Å²) in [4.78, 5) is 4.49. The Labute approximate surface area is 96.4 Å². The van der Waals surface area contributed by atoms with E-state index in [4.69, 9.17) is 4.74 Å². The Kier molecular flexibility index (Phi) is 3.62. The molecule has 0 saturated heterocycles. The van der Waals surface area contributed by atoms with E-state index in [0.29, 0.717) is 12.6 Å². The van der Waals surface area contributed by atoms with Crippen molar-refractivity contribution in [3.63, 3.8) is 0 Å². The molecule has 0 radical (unpaired) electrons. The third kappa shape index (κ3) is 2.64. The lowest BCUT2D eigenvalue weighted by Gasteiger charge is -2.13. The van der Waals surface area contributed by atoms with Gasteiger partial charge in [0.05, 0.1) is 0 Å². The van der Waals surface area contributed by atoms with Crippen molar-refractivity contribution in [2.24, 2.45) is 0 Å². The molecule has 1 atom stereocenters. The van der Waals surface area contributed by atoms with Crippen LogP contribution in [0.2, 0.25) is 0 Å². The Hall–Kier alpha value is -1.29. The number of hydrogen-bond donors (Lipinski definition) is 2. The maximum absolute atomic E-state index is 5.59. The van der Waals surface area contributed by atoms with Crippen molar-refractivity contribution >= 4 is 5.82 Å². The molecule has 1 aliphatic rings. The van der Waals surface area contributed by atoms with E-state index in [9.17, 15) is 0 Å². The first kappa shape index (κ1) is 11.2. The van der Waals surface area contributed by atoms with Gasteiger partial charge in [-0.05, 0) is 25.5 Å². The summed E-state index contributed by atoms with van der Waals surface area (Å²) in [6, 6.07) is 4.53. The minimum Gasteiger partial charge on any atom is -0.476 e. The van der Waals surface area contributed by atoms with Crippen LogP contribution in [0.25, 0.3) is 0 Å². The Morgan fingerprint density at radius 1 is 1.56 bits per heavy atom. The van der Waals surface area contributed by atoms with E-state index in [1.54, 1.807) is 0 Å². The van der Waals surface area contributed by atoms with Crippen molar-refractivity contribution in [3.05, 3.63) is 17.7 Å². The molecule has 0 aliphatic carbocycles. The van der Waals surface area contributed by atoms with Crippen LogP contribution in [-0.4, -0.2) is 24.2 Å². The molecule has 4 heteroatoms. The summed E-state index contributed by atoms with van der Waals surface area (Å²) < 4.78 is 5.59. The first-order valence-corrected chi connectivity index (χ1v) is 5.89. The predicted molar refractivity (Wildman–Crippen MR) is 64.8 cm³/mol. The molecule has 0 amide bonds. The summed E-state index contributed by atoms with van der Waals surface area (Å²) in [6.07, 6.45) is 1.08. The van der Waals surface area contributed by atoms with Crippen LogP contribution in [-0.2, 0) is 6.54 Å². The van der Waals surface area contributed by atoms with Crippen molar-refractivity contribution in [1.82, 2.24) is 10.3 Å². The van der Waals surface area contributed by atoms with Gasteiger partial charge < -0.3 is 15.4 Å². The van der Waals surface area contributed by atoms with Gasteiger partial charge in [0.15, 0.2) is 0 Å². The minimum absolute atomic E-state index is 0.439. The molecule has 1 aliphatic heterocycles. The van der Waals surface area contributed by atoms with Gasteiger partial charge in [-0.15, -0.1) is 0 Å². The molecule has 0 bridgehead atoms. The first-order valence-electron chi connectivity index (χ1n) is 5.89. The van der Waals surface area contributed by atoms with Gasteiger partial charge in [-0.1, -0.05) is 6.92 Å². The van der Waals surface area contributed by atoms with Crippen LogP contribution >= 0.6 is 0 Å². The van der Waals surface area contributed by atoms with Crippen LogP contribution in [0.3, 0.4) is 0 Å². The highest BCUT2D eigenvalue weighted by atomic mass is 16.5. The normalized spacial score (nSPS) is 16.9. The van der Waals surface area contributed by atoms with Crippen molar-refractivity contribution in [2.45, 2.75) is 32.9 Å². The van der Waals surface area contributed by atoms with Gasteiger partial charge in [-0.25, -0.2) is 0 Å². The average molecular weight is 221 g/mol. The number of rotatable bonds is 3. The molecule has 1 aromatic heterocycles. The zero-order chi connectivity index (χ0) is 11.4. The van der Waals surface area contributed by atoms with Gasteiger partial charge in [0.1, 0.15) is 12.4 Å². The fourth-order valence-electron chi connectivity index (χ4n) is 1.61. The highest BCUT2D eigenvalue weighted by Gasteiger charge is 2.11. The lowest BCUT2D eigenvalue weighted by atomic mass is 10.2. The summed E-state index contributed by atoms with van der Waals surface area (Å²) in [5.74, 6) is 1.66. The van der Waals surface area contributed by atoms with Gasteiger partial charge in [0, 0.05) is 24.7 Å². The molecule has 2 rings (SSSR count). The molecule has 0 saturated carbocycles. The monoisotopic (exact) mass is 221 g/mol. The highest BCUT2D eigenvalue weighted by molar-refractivity contribution is 5.42. The molecule has 0 aromatic carbocycles. The third-order valence-corrected chi connectivity index (χ3v) is 2.78. The quantitative estimate of drug-likeness (QED) is 0.816. The van der Waals surface area contributed by atoms with Crippen LogP contribution in [0.4, 0.5) is 5.82 Å². The largest absolute Gasteiger partial charge is 0.476 e. The number of anilines is 1. The van der Waals surface area contributed by atoms with Crippen molar-refractivity contribution < 1.29 is 4.74 Å². The highest BCUT2D eigenvalue weighted by Crippen LogP contribution is 2.20. The lowest BCUT2D eigenvalue weighted by molar-refractivity contribution is 0.314. The lowest BCUT2D eigenvalue weighted by Crippen LogP contribution is -2.16. The number of aromatic nitrogens is 1. The zero-order valence-electron chi connectivity index (χ0n) is 9.92. The molecular formula is C12H19N3O. The first-order chi connectivity index (χ1) is 7.79. The van der Waals surface area contributed by atoms with E-state index in [1.165, 1.54) is 0 Å². The SMILES string of the molecule is CC[C@H](C)Nc1ccc2c(n1)OCCNC2. The van der Waals surface area contributed by atoms with E-state index >= 15 is 0 Å². The third-order valence-electron chi connectivity index (χ3n) is 2.78. The summed E-state index contributed by atoms with van der Waals surface area (Å²) in [5.41, 5.74) is 1.13. The fraction of sp³-hybridized carbons (Fsp3) is 0.583. The standard InChI is InChI=1S/C12H19N3O/c1-3-9(2)14-11-5-4-10-8-13-6-7-16-12(10)15-11/h4-5,9,13H,3,6-8H2,1-2H3,(H,14,15)/t9-/m0/s1. The molecule has 4 nitrogen and oxygen atoms in total. The van der Waals surface area contributed by atoms with Crippen LogP contribution in [0, 0.1) is 0 Å². The van der Waals surface area contributed by atoms with Crippen molar-refractivity contribution in [1.29, 1.82) is 0 Å². The molecule has 88 valence electrons. The molecule has 0 unspecified atom stereocenters. The molecule has 1 aromatic rings. The zero-order valence-corrected chi connectivity index (χ0v) is 9.92. The summed E-state index contributed by atoms with van der Waals surface area (Å²) >= 11 is 0. The molecule has 0 fully saturated rings. The number of pyridine rings is 1. The summed E-state index contributed by atoms with van der Waals surface area (Å²) in [7, 11) is 0. The number of fused-ring (bicyclic) bond motifs is 1. The minimum atomic E-state index is 0.439. The topological polar surface area (TPSA) is 46.2 Å². The average Bonchev–Trinajstić information content (AvgIpc) is 2.53. The Morgan fingerprint density at radius 3 is 3.25 bits per heavy atom. The molecule has 2 N–H and O–H groups in total. The Balaban J connectivity index is 2.14. The van der Waals surface area contributed by atoms with E-state index in [-0.39, 0.29) is 0 Å². The maximum Gasteiger partial charge on any atom is 0.219 e. The van der Waals surface area contributed by atoms with Crippen molar-refractivity contribution in [3.8, 4) is 5.88 Å². The molecular weight excluding hydrogens is 202 g/mol. The maximum atomic E-state index is 5.59. The fourth-order valence-corrected chi connectivity index (χ4v) is 1.61. The smallest absolute Gasteiger partial charge is 0.219 e. The van der Waals surface area contributed by atoms with E-state index in [1.807, 2.05) is 6.07 Å². The van der Waals surface area contributed by atoms with Crippen LogP contribution in [0.15, 0.2) is 12.1 Å². The second-order valence-corrected chi connectivity index (χ2v) is 4.14. The summed E-state index contributed by atoms with van der Waals surface area (Å²) in [5, 5.41) is 6.64. The number of hydrogen-bond acceptors (Lipinski definition) is 4. The van der Waals surface area contributed by atoms with E-state index < -0.39 is 0 Å². The predicted octanol–water partition coefficient (Wildman–Crippen LogP) is 1.77. The molecule has 16 heavy (non-hydrogen) atoms. The Bertz CT molecular complexity index is 354. The number of nitrogens with zero attached hydrogens (tertiary/aromatic N) is 1. The van der Waals surface area contributed by atoms with Gasteiger partial charge in [-0.2, -0.15) is 4.98 Å². The second kappa shape index (κ2) is 5.16. The van der Waals surface area contributed by atoms with Crippen LogP contribution < -0.4 is 15.4 Å². The number of nitrogens with one attached hydrogen (secondary N) is 2.